The number of hydrogen-bond donors (Lipinski definition) is 3. The van der Waals surface area contributed by atoms with E-state index >= 15 is 0 Å². The summed E-state index contributed by atoms with van der Waals surface area (Å²) in [5, 5.41) is 17.3. The molecule has 3 N–H and O–H groups in total. The number of ether oxygens (including phenoxy) is 1. The molecule has 3 amide bonds. The average Bonchev–Trinajstić information content (AvgIpc) is 2.85. The molecule has 3 aromatic rings. The summed E-state index contributed by atoms with van der Waals surface area (Å²) < 4.78 is 5.25. The average molecular weight is 518 g/mol. The Balaban J connectivity index is 1.96. The van der Waals surface area contributed by atoms with E-state index in [0.717, 1.165) is 16.3 Å². The second kappa shape index (κ2) is 12.4. The number of aryl methyl sites for hydroxylation is 1. The molecular weight excluding hydrogens is 482 g/mol. The van der Waals surface area contributed by atoms with Crippen molar-refractivity contribution in [1.29, 1.82) is 0 Å². The monoisotopic (exact) mass is 517 g/mol. The van der Waals surface area contributed by atoms with Crippen molar-refractivity contribution < 1.29 is 24.2 Å². The quantitative estimate of drug-likeness (QED) is 0.356. The molecule has 0 fully saturated rings. The van der Waals surface area contributed by atoms with E-state index in [2.05, 4.69) is 17.2 Å². The van der Waals surface area contributed by atoms with Crippen LogP contribution in [-0.2, 0) is 14.3 Å². The van der Waals surface area contributed by atoms with Gasteiger partial charge < -0.3 is 25.4 Å². The first-order chi connectivity index (χ1) is 18.0. The van der Waals surface area contributed by atoms with Gasteiger partial charge in [-0.2, -0.15) is 0 Å². The number of carbonyl (C=O) groups is 3. The van der Waals surface area contributed by atoms with Gasteiger partial charge in [0.25, 0.3) is 5.91 Å². The van der Waals surface area contributed by atoms with Crippen LogP contribution in [0.25, 0.3) is 10.8 Å². The van der Waals surface area contributed by atoms with Gasteiger partial charge in [0.05, 0.1) is 6.61 Å². The molecule has 0 saturated carbocycles. The number of nitrogens with one attached hydrogen (secondary N) is 2. The molecule has 3 aromatic carbocycles. The number of anilines is 1. The predicted octanol–water partition coefficient (Wildman–Crippen LogP) is 4.73. The molecule has 0 radical (unpaired) electrons. The number of carbonyl (C=O) groups excluding carboxylic acids is 3. The summed E-state index contributed by atoms with van der Waals surface area (Å²) in [7, 11) is 0. The Bertz CT molecular complexity index is 1310. The number of alkyl carbamates (subject to hydrolysis) is 1. The molecule has 2 unspecified atom stereocenters. The number of benzene rings is 3. The smallest absolute Gasteiger partial charge is 0.408 e. The zero-order chi connectivity index (χ0) is 27.9. The molecule has 0 saturated heterocycles. The van der Waals surface area contributed by atoms with Crippen molar-refractivity contribution in [2.75, 3.05) is 18.5 Å². The molecule has 0 bridgehead atoms. The minimum Gasteiger partial charge on any atom is -0.444 e. The molecule has 38 heavy (non-hydrogen) atoms. The van der Waals surface area contributed by atoms with Gasteiger partial charge in [0.2, 0.25) is 5.91 Å². The van der Waals surface area contributed by atoms with Crippen LogP contribution >= 0.6 is 0 Å². The third kappa shape index (κ3) is 7.43. The molecule has 0 aliphatic carbocycles. The van der Waals surface area contributed by atoms with Gasteiger partial charge in [-0.15, -0.1) is 6.58 Å². The van der Waals surface area contributed by atoms with E-state index in [1.807, 2.05) is 55.5 Å². The first kappa shape index (κ1) is 28.4. The van der Waals surface area contributed by atoms with Crippen LogP contribution in [0.4, 0.5) is 10.5 Å². The van der Waals surface area contributed by atoms with Gasteiger partial charge in [-0.05, 0) is 56.2 Å². The maximum absolute atomic E-state index is 13.8. The van der Waals surface area contributed by atoms with Gasteiger partial charge in [0, 0.05) is 12.2 Å². The zero-order valence-electron chi connectivity index (χ0n) is 22.2. The molecule has 8 heteroatoms. The van der Waals surface area contributed by atoms with Gasteiger partial charge >= 0.3 is 6.09 Å². The van der Waals surface area contributed by atoms with E-state index < -0.39 is 42.2 Å². The minimum atomic E-state index is -1.33. The van der Waals surface area contributed by atoms with Crippen molar-refractivity contribution in [3.8, 4) is 0 Å². The van der Waals surface area contributed by atoms with E-state index in [1.54, 1.807) is 39.0 Å². The lowest BCUT2D eigenvalue weighted by Crippen LogP contribution is -2.53. The fourth-order valence-corrected chi connectivity index (χ4v) is 4.09. The first-order valence-corrected chi connectivity index (χ1v) is 12.4. The second-order valence-electron chi connectivity index (χ2n) is 10.0. The van der Waals surface area contributed by atoms with E-state index in [1.165, 1.54) is 11.0 Å². The van der Waals surface area contributed by atoms with Crippen LogP contribution in [0.2, 0.25) is 0 Å². The summed E-state index contributed by atoms with van der Waals surface area (Å²) in [5.74, 6) is -1.10. The Kier molecular flexibility index (Phi) is 9.25. The Morgan fingerprint density at radius 2 is 1.74 bits per heavy atom. The van der Waals surface area contributed by atoms with Crippen molar-refractivity contribution in [2.24, 2.45) is 0 Å². The first-order valence-electron chi connectivity index (χ1n) is 12.4. The van der Waals surface area contributed by atoms with Crippen molar-refractivity contribution in [2.45, 2.75) is 45.4 Å². The van der Waals surface area contributed by atoms with Crippen LogP contribution in [0.15, 0.2) is 79.4 Å². The lowest BCUT2D eigenvalue weighted by atomic mass is 10.0. The van der Waals surface area contributed by atoms with Crippen molar-refractivity contribution in [3.05, 3.63) is 90.5 Å². The summed E-state index contributed by atoms with van der Waals surface area (Å²) in [6.07, 6.45) is 0.641. The van der Waals surface area contributed by atoms with Crippen LogP contribution in [0.1, 0.15) is 37.9 Å². The van der Waals surface area contributed by atoms with E-state index in [9.17, 15) is 19.5 Å². The largest absolute Gasteiger partial charge is 0.444 e. The fourth-order valence-electron chi connectivity index (χ4n) is 4.09. The minimum absolute atomic E-state index is 0.00488. The predicted molar refractivity (Wildman–Crippen MR) is 149 cm³/mol. The Morgan fingerprint density at radius 1 is 1.03 bits per heavy atom. The summed E-state index contributed by atoms with van der Waals surface area (Å²) in [6, 6.07) is 18.2. The second-order valence-corrected chi connectivity index (χ2v) is 10.0. The number of amides is 3. The summed E-state index contributed by atoms with van der Waals surface area (Å²) in [6.45, 7) is 10.0. The van der Waals surface area contributed by atoms with Gasteiger partial charge in [-0.1, -0.05) is 66.2 Å². The topological polar surface area (TPSA) is 108 Å². The molecule has 0 aromatic heterocycles. The molecule has 0 spiro atoms. The van der Waals surface area contributed by atoms with Crippen LogP contribution in [0.3, 0.4) is 0 Å². The molecule has 200 valence electrons. The van der Waals surface area contributed by atoms with Gasteiger partial charge in [0.1, 0.15) is 17.7 Å². The van der Waals surface area contributed by atoms with Crippen LogP contribution in [-0.4, -0.2) is 52.7 Å². The van der Waals surface area contributed by atoms with E-state index in [-0.39, 0.29) is 6.54 Å². The van der Waals surface area contributed by atoms with Crippen molar-refractivity contribution in [1.82, 2.24) is 10.2 Å². The normalized spacial score (nSPS) is 12.8. The standard InChI is InChI=1S/C30H35N3O5/c1-6-16-33(28(36)25(19-34)32-29(37)38-30(3,4)5)26(23-13-9-10-20(2)17-23)27(35)31-24-15-14-21-11-7-8-12-22(21)18-24/h6-15,17-18,25-26,34H,1,16,19H2,2-5H3,(H,31,35)(H,32,37). The highest BCUT2D eigenvalue weighted by Gasteiger charge is 2.35. The highest BCUT2D eigenvalue weighted by molar-refractivity contribution is 6.00. The molecule has 0 heterocycles. The van der Waals surface area contributed by atoms with E-state index in [0.29, 0.717) is 11.3 Å². The van der Waals surface area contributed by atoms with Gasteiger partial charge in [-0.3, -0.25) is 9.59 Å². The molecule has 0 aliphatic rings. The maximum atomic E-state index is 13.8. The number of fused-ring (bicyclic) bond motifs is 1. The van der Waals surface area contributed by atoms with Gasteiger partial charge in [-0.25, -0.2) is 4.79 Å². The Morgan fingerprint density at radius 3 is 2.37 bits per heavy atom. The van der Waals surface area contributed by atoms with Crippen LogP contribution in [0, 0.1) is 6.92 Å². The lowest BCUT2D eigenvalue weighted by molar-refractivity contribution is -0.140. The highest BCUT2D eigenvalue weighted by atomic mass is 16.6. The third-order valence-corrected chi connectivity index (χ3v) is 5.72. The molecule has 0 aliphatic heterocycles. The van der Waals surface area contributed by atoms with Crippen molar-refractivity contribution in [3.63, 3.8) is 0 Å². The Labute approximate surface area is 223 Å². The number of nitrogens with zero attached hydrogens (tertiary/aromatic N) is 1. The summed E-state index contributed by atoms with van der Waals surface area (Å²) >= 11 is 0. The van der Waals surface area contributed by atoms with Crippen molar-refractivity contribution >= 4 is 34.4 Å². The summed E-state index contributed by atoms with van der Waals surface area (Å²) in [4.78, 5) is 41.1. The Hall–Kier alpha value is -4.17. The lowest BCUT2D eigenvalue weighted by Gasteiger charge is -2.33. The third-order valence-electron chi connectivity index (χ3n) is 5.72. The number of hydrogen-bond acceptors (Lipinski definition) is 5. The maximum Gasteiger partial charge on any atom is 0.408 e. The fraction of sp³-hybridized carbons (Fsp3) is 0.300. The number of aliphatic hydroxyl groups excluding tert-OH is 1. The molecule has 3 rings (SSSR count). The molecule has 8 nitrogen and oxygen atoms in total. The number of rotatable bonds is 9. The highest BCUT2D eigenvalue weighted by Crippen LogP contribution is 2.26. The molecule has 2 atom stereocenters. The molecular formula is C30H35N3O5. The summed E-state index contributed by atoms with van der Waals surface area (Å²) in [5.41, 5.74) is 1.26. The van der Waals surface area contributed by atoms with Gasteiger partial charge in [0.15, 0.2) is 0 Å². The van der Waals surface area contributed by atoms with E-state index in [4.69, 9.17) is 4.74 Å². The SMILES string of the molecule is C=CCN(C(=O)C(CO)NC(=O)OC(C)(C)C)C(C(=O)Nc1ccc2ccccc2c1)c1cccc(C)c1. The zero-order valence-corrected chi connectivity index (χ0v) is 22.2. The van der Waals surface area contributed by atoms with Crippen LogP contribution in [0.5, 0.6) is 0 Å². The number of aliphatic hydroxyl groups is 1. The van der Waals surface area contributed by atoms with Crippen LogP contribution < -0.4 is 10.6 Å².